The number of nitrogens with zero attached hydrogens (tertiary/aromatic N) is 2. The largest absolute Gasteiger partial charge is 0.478 e. The lowest BCUT2D eigenvalue weighted by Gasteiger charge is -2.34. The average Bonchev–Trinajstić information content (AvgIpc) is 2.52. The molecular weight excluding hydrogens is 304 g/mol. The number of hydrogen-bond donors (Lipinski definition) is 0. The Labute approximate surface area is 145 Å². The van der Waals surface area contributed by atoms with Gasteiger partial charge in [-0.2, -0.15) is 0 Å². The Balaban J connectivity index is 1.69. The van der Waals surface area contributed by atoms with Crippen molar-refractivity contribution in [1.29, 1.82) is 0 Å². The second-order valence-corrected chi connectivity index (χ2v) is 7.60. The summed E-state index contributed by atoms with van der Waals surface area (Å²) in [6.45, 7) is 9.98. The third-order valence-electron chi connectivity index (χ3n) is 4.06. The van der Waals surface area contributed by atoms with Crippen LogP contribution in [0.15, 0.2) is 18.3 Å². The van der Waals surface area contributed by atoms with Crippen molar-refractivity contribution in [2.75, 3.05) is 19.7 Å². The van der Waals surface area contributed by atoms with E-state index in [1.165, 1.54) is 6.42 Å². The zero-order valence-electron chi connectivity index (χ0n) is 15.4. The van der Waals surface area contributed by atoms with Gasteiger partial charge in [0.05, 0.1) is 6.61 Å². The first-order chi connectivity index (χ1) is 11.3. The number of carbonyl (C=O) groups excluding carboxylic acids is 1. The summed E-state index contributed by atoms with van der Waals surface area (Å²) in [6, 6.07) is 3.91. The summed E-state index contributed by atoms with van der Waals surface area (Å²) >= 11 is 0. The van der Waals surface area contributed by atoms with Gasteiger partial charge in [0.2, 0.25) is 5.88 Å². The molecule has 1 amide bonds. The van der Waals surface area contributed by atoms with Crippen LogP contribution in [0, 0.1) is 12.8 Å². The molecule has 1 atom stereocenters. The fourth-order valence-electron chi connectivity index (χ4n) is 2.88. The standard InChI is InChI=1S/C19H30N2O3/c1-15-9-10-17(20-13-15)23-12-6-8-16-7-5-11-21(14-16)18(22)24-19(2,3)4/h9-10,13,16H,5-8,11-12,14H2,1-4H3. The number of carbonyl (C=O) groups is 1. The van der Waals surface area contributed by atoms with E-state index in [2.05, 4.69) is 4.98 Å². The van der Waals surface area contributed by atoms with E-state index in [0.717, 1.165) is 37.9 Å². The Morgan fingerprint density at radius 2 is 2.17 bits per heavy atom. The maximum Gasteiger partial charge on any atom is 0.410 e. The van der Waals surface area contributed by atoms with Crippen molar-refractivity contribution >= 4 is 6.09 Å². The number of hydrogen-bond acceptors (Lipinski definition) is 4. The summed E-state index contributed by atoms with van der Waals surface area (Å²) in [5.41, 5.74) is 0.700. The van der Waals surface area contributed by atoms with Crippen LogP contribution in [0.3, 0.4) is 0 Å². The molecule has 1 aromatic rings. The van der Waals surface area contributed by atoms with Gasteiger partial charge in [0, 0.05) is 25.4 Å². The number of piperidine rings is 1. The van der Waals surface area contributed by atoms with E-state index >= 15 is 0 Å². The quantitative estimate of drug-likeness (QED) is 0.757. The monoisotopic (exact) mass is 334 g/mol. The molecule has 5 nitrogen and oxygen atoms in total. The molecule has 1 saturated heterocycles. The summed E-state index contributed by atoms with van der Waals surface area (Å²) < 4.78 is 11.1. The summed E-state index contributed by atoms with van der Waals surface area (Å²) in [5, 5.41) is 0. The van der Waals surface area contributed by atoms with Gasteiger partial charge in [-0.15, -0.1) is 0 Å². The van der Waals surface area contributed by atoms with Crippen molar-refractivity contribution < 1.29 is 14.3 Å². The third kappa shape index (κ3) is 6.38. The highest BCUT2D eigenvalue weighted by Crippen LogP contribution is 2.23. The van der Waals surface area contributed by atoms with Gasteiger partial charge in [-0.1, -0.05) is 6.07 Å². The SMILES string of the molecule is Cc1ccc(OCCCC2CCCN(C(=O)OC(C)(C)C)C2)nc1. The van der Waals surface area contributed by atoms with Crippen LogP contribution in [-0.4, -0.2) is 41.3 Å². The second kappa shape index (κ2) is 8.36. The van der Waals surface area contributed by atoms with Crippen molar-refractivity contribution in [1.82, 2.24) is 9.88 Å². The molecule has 0 aliphatic carbocycles. The van der Waals surface area contributed by atoms with Gasteiger partial charge in [-0.25, -0.2) is 9.78 Å². The molecule has 0 aromatic carbocycles. The molecule has 1 unspecified atom stereocenters. The van der Waals surface area contributed by atoms with Gasteiger partial charge in [0.1, 0.15) is 5.60 Å². The zero-order valence-corrected chi connectivity index (χ0v) is 15.4. The molecule has 0 bridgehead atoms. The van der Waals surface area contributed by atoms with Crippen LogP contribution < -0.4 is 4.74 Å². The first kappa shape index (κ1) is 18.6. The van der Waals surface area contributed by atoms with Gasteiger partial charge in [-0.05, 0) is 64.9 Å². The second-order valence-electron chi connectivity index (χ2n) is 7.60. The Morgan fingerprint density at radius 3 is 2.83 bits per heavy atom. The van der Waals surface area contributed by atoms with Crippen molar-refractivity contribution in [3.05, 3.63) is 23.9 Å². The maximum atomic E-state index is 12.2. The van der Waals surface area contributed by atoms with Gasteiger partial charge in [0.15, 0.2) is 0 Å². The Bertz CT molecular complexity index is 522. The first-order valence-electron chi connectivity index (χ1n) is 8.87. The summed E-state index contributed by atoms with van der Waals surface area (Å²) in [6.07, 6.45) is 5.88. The van der Waals surface area contributed by atoms with Crippen LogP contribution in [-0.2, 0) is 4.74 Å². The molecule has 2 rings (SSSR count). The highest BCUT2D eigenvalue weighted by Gasteiger charge is 2.27. The van der Waals surface area contributed by atoms with Gasteiger partial charge >= 0.3 is 6.09 Å². The highest BCUT2D eigenvalue weighted by atomic mass is 16.6. The maximum absolute atomic E-state index is 12.2. The van der Waals surface area contributed by atoms with Gasteiger partial charge < -0.3 is 14.4 Å². The average molecular weight is 334 g/mol. The van der Waals surface area contributed by atoms with Crippen molar-refractivity contribution in [3.8, 4) is 5.88 Å². The molecule has 134 valence electrons. The minimum absolute atomic E-state index is 0.188. The summed E-state index contributed by atoms with van der Waals surface area (Å²) in [7, 11) is 0. The molecule has 1 aliphatic heterocycles. The molecule has 0 spiro atoms. The molecule has 1 aliphatic rings. The van der Waals surface area contributed by atoms with Crippen molar-refractivity contribution in [2.45, 2.75) is 59.0 Å². The van der Waals surface area contributed by atoms with E-state index in [1.807, 2.05) is 50.9 Å². The van der Waals surface area contributed by atoms with E-state index in [4.69, 9.17) is 9.47 Å². The third-order valence-corrected chi connectivity index (χ3v) is 4.06. The first-order valence-corrected chi connectivity index (χ1v) is 8.87. The number of aryl methyl sites for hydroxylation is 1. The molecule has 5 heteroatoms. The van der Waals surface area contributed by atoms with Crippen molar-refractivity contribution in [2.24, 2.45) is 5.92 Å². The van der Waals surface area contributed by atoms with E-state index < -0.39 is 5.60 Å². The molecule has 1 fully saturated rings. The van der Waals surface area contributed by atoms with Crippen LogP contribution in [0.4, 0.5) is 4.79 Å². The number of ether oxygens (including phenoxy) is 2. The lowest BCUT2D eigenvalue weighted by molar-refractivity contribution is 0.0159. The number of aromatic nitrogens is 1. The fourth-order valence-corrected chi connectivity index (χ4v) is 2.88. The van der Waals surface area contributed by atoms with Crippen LogP contribution in [0.1, 0.15) is 52.0 Å². The number of rotatable bonds is 5. The number of pyridine rings is 1. The van der Waals surface area contributed by atoms with Crippen LogP contribution in [0.25, 0.3) is 0 Å². The van der Waals surface area contributed by atoms with Crippen LogP contribution in [0.5, 0.6) is 5.88 Å². The summed E-state index contributed by atoms with van der Waals surface area (Å²) in [5.74, 6) is 1.21. The minimum Gasteiger partial charge on any atom is -0.478 e. The molecule has 24 heavy (non-hydrogen) atoms. The lowest BCUT2D eigenvalue weighted by atomic mass is 9.94. The molecule has 0 saturated carbocycles. The smallest absolute Gasteiger partial charge is 0.410 e. The van der Waals surface area contributed by atoms with Crippen LogP contribution in [0.2, 0.25) is 0 Å². The van der Waals surface area contributed by atoms with Gasteiger partial charge in [0.25, 0.3) is 0 Å². The van der Waals surface area contributed by atoms with E-state index in [9.17, 15) is 4.79 Å². The Kier molecular flexibility index (Phi) is 6.46. The zero-order chi connectivity index (χ0) is 17.6. The summed E-state index contributed by atoms with van der Waals surface area (Å²) in [4.78, 5) is 18.3. The van der Waals surface area contributed by atoms with E-state index in [-0.39, 0.29) is 6.09 Å². The van der Waals surface area contributed by atoms with E-state index in [0.29, 0.717) is 18.4 Å². The Hall–Kier alpha value is -1.78. The molecular formula is C19H30N2O3. The van der Waals surface area contributed by atoms with Crippen molar-refractivity contribution in [3.63, 3.8) is 0 Å². The lowest BCUT2D eigenvalue weighted by Crippen LogP contribution is -2.42. The number of likely N-dealkylation sites (tertiary alicyclic amines) is 1. The normalized spacial score (nSPS) is 18.3. The topological polar surface area (TPSA) is 51.7 Å². The molecule has 0 radical (unpaired) electrons. The molecule has 2 heterocycles. The Morgan fingerprint density at radius 1 is 1.38 bits per heavy atom. The van der Waals surface area contributed by atoms with Gasteiger partial charge in [-0.3, -0.25) is 0 Å². The van der Waals surface area contributed by atoms with E-state index in [1.54, 1.807) is 0 Å². The number of amides is 1. The fraction of sp³-hybridized carbons (Fsp3) is 0.684. The minimum atomic E-state index is -0.432. The predicted molar refractivity (Wildman–Crippen MR) is 94.2 cm³/mol. The molecule has 0 N–H and O–H groups in total. The predicted octanol–water partition coefficient (Wildman–Crippen LogP) is 4.20. The molecule has 1 aromatic heterocycles. The highest BCUT2D eigenvalue weighted by molar-refractivity contribution is 5.68. The van der Waals surface area contributed by atoms with Crippen LogP contribution >= 0.6 is 0 Å².